The third kappa shape index (κ3) is 5.26. The zero-order valence-electron chi connectivity index (χ0n) is 24.0. The van der Waals surface area contributed by atoms with Gasteiger partial charge in [0.2, 0.25) is 0 Å². The van der Waals surface area contributed by atoms with E-state index in [9.17, 15) is 4.79 Å². The van der Waals surface area contributed by atoms with Crippen molar-refractivity contribution in [1.29, 1.82) is 0 Å². The van der Waals surface area contributed by atoms with Gasteiger partial charge in [-0.3, -0.25) is 4.79 Å². The standard InChI is InChI=1S/C31H50Br4O2/c1-8-21(17(2)3)28(34)27(33)18(4)23-9-10-24-22-15-26(32)31(35)16-20(37-19(5)36)11-14-30(31,7)25(22)12-13-29(23,24)6/h17-18,20-28H,8-16H2,1-7H3/t18-,20+,21+,22-,23+,24-,25-,26+,27-,28+,29-,30-,31+/m1/s1. The summed E-state index contributed by atoms with van der Waals surface area (Å²) >= 11 is 16.9. The summed E-state index contributed by atoms with van der Waals surface area (Å²) in [5.74, 6) is 5.06. The average molecular weight is 774 g/mol. The van der Waals surface area contributed by atoms with Crippen molar-refractivity contribution in [1.82, 2.24) is 0 Å². The molecular weight excluding hydrogens is 724 g/mol. The van der Waals surface area contributed by atoms with Gasteiger partial charge in [0, 0.05) is 32.2 Å². The molecule has 0 spiro atoms. The summed E-state index contributed by atoms with van der Waals surface area (Å²) in [6, 6.07) is 0. The highest BCUT2D eigenvalue weighted by Gasteiger charge is 2.67. The van der Waals surface area contributed by atoms with Crippen LogP contribution in [0.2, 0.25) is 0 Å². The Morgan fingerprint density at radius 3 is 2.27 bits per heavy atom. The lowest BCUT2D eigenvalue weighted by Gasteiger charge is -2.66. The van der Waals surface area contributed by atoms with Gasteiger partial charge in [-0.2, -0.15) is 0 Å². The first-order valence-electron chi connectivity index (χ1n) is 15.0. The average Bonchev–Trinajstić information content (AvgIpc) is 3.17. The van der Waals surface area contributed by atoms with Gasteiger partial charge in [-0.25, -0.2) is 0 Å². The van der Waals surface area contributed by atoms with Gasteiger partial charge in [0.15, 0.2) is 0 Å². The van der Waals surface area contributed by atoms with E-state index in [0.29, 0.717) is 37.7 Å². The number of ether oxygens (including phenoxy) is 1. The molecule has 13 atom stereocenters. The Kier molecular flexibility index (Phi) is 9.80. The molecule has 214 valence electrons. The summed E-state index contributed by atoms with van der Waals surface area (Å²) in [6.45, 7) is 16.4. The molecule has 4 aliphatic carbocycles. The Balaban J connectivity index is 1.54. The van der Waals surface area contributed by atoms with Crippen molar-refractivity contribution in [3.05, 3.63) is 0 Å². The van der Waals surface area contributed by atoms with E-state index in [1.54, 1.807) is 6.92 Å². The maximum atomic E-state index is 11.7. The highest BCUT2D eigenvalue weighted by atomic mass is 79.9. The third-order valence-electron chi connectivity index (χ3n) is 12.3. The summed E-state index contributed by atoms with van der Waals surface area (Å²) < 4.78 is 5.74. The molecule has 4 fully saturated rings. The Morgan fingerprint density at radius 1 is 1.00 bits per heavy atom. The Bertz CT molecular complexity index is 836. The second kappa shape index (κ2) is 11.6. The first-order chi connectivity index (χ1) is 17.2. The van der Waals surface area contributed by atoms with Crippen molar-refractivity contribution in [3.8, 4) is 0 Å². The molecule has 4 rings (SSSR count). The summed E-state index contributed by atoms with van der Waals surface area (Å²) in [6.07, 6.45) is 11.1. The zero-order chi connectivity index (χ0) is 27.5. The molecule has 0 unspecified atom stereocenters. The van der Waals surface area contributed by atoms with E-state index in [0.717, 1.165) is 42.9 Å². The SMILES string of the molecule is CC[C@@H](C(C)C)[C@H](Br)[C@H](Br)[C@H](C)[C@@H]1CC[C@@H]2[C@H]3C[C@H](Br)[C@@]4(Br)C[C@@H](OC(C)=O)CC[C@]4(C)[C@@H]3CC[C@@]21C. The van der Waals surface area contributed by atoms with Gasteiger partial charge in [0.25, 0.3) is 0 Å². The molecule has 4 saturated carbocycles. The van der Waals surface area contributed by atoms with Gasteiger partial charge in [0.1, 0.15) is 6.10 Å². The van der Waals surface area contributed by atoms with E-state index in [1.165, 1.54) is 38.5 Å². The molecule has 6 heteroatoms. The summed E-state index contributed by atoms with van der Waals surface area (Å²) in [7, 11) is 0. The fourth-order valence-corrected chi connectivity index (χ4v) is 14.6. The third-order valence-corrected chi connectivity index (χ3v) is 19.2. The number of esters is 1. The van der Waals surface area contributed by atoms with E-state index < -0.39 is 0 Å². The van der Waals surface area contributed by atoms with Crippen molar-refractivity contribution >= 4 is 69.7 Å². The predicted octanol–water partition coefficient (Wildman–Crippen LogP) is 10.3. The van der Waals surface area contributed by atoms with E-state index in [4.69, 9.17) is 4.74 Å². The number of carbonyl (C=O) groups is 1. The quantitative estimate of drug-likeness (QED) is 0.190. The van der Waals surface area contributed by atoms with E-state index in [2.05, 4.69) is 105 Å². The second-order valence-corrected chi connectivity index (χ2v) is 18.8. The first-order valence-corrected chi connectivity index (χ1v) is 18.5. The minimum absolute atomic E-state index is 0.00524. The normalized spacial score (nSPS) is 46.8. The molecule has 2 nitrogen and oxygen atoms in total. The lowest BCUT2D eigenvalue weighted by atomic mass is 9.44. The van der Waals surface area contributed by atoms with E-state index in [1.807, 2.05) is 0 Å². The predicted molar refractivity (Wildman–Crippen MR) is 170 cm³/mol. The molecule has 0 aromatic heterocycles. The van der Waals surface area contributed by atoms with Crippen LogP contribution in [0.1, 0.15) is 106 Å². The number of hydrogen-bond acceptors (Lipinski definition) is 2. The number of halogens is 4. The molecule has 0 aromatic carbocycles. The zero-order valence-corrected chi connectivity index (χ0v) is 30.4. The van der Waals surface area contributed by atoms with Crippen molar-refractivity contribution in [2.45, 2.75) is 131 Å². The lowest BCUT2D eigenvalue weighted by Crippen LogP contribution is -2.64. The topological polar surface area (TPSA) is 26.3 Å². The van der Waals surface area contributed by atoms with Crippen LogP contribution in [-0.4, -0.2) is 30.9 Å². The van der Waals surface area contributed by atoms with Crippen LogP contribution in [0.25, 0.3) is 0 Å². The monoisotopic (exact) mass is 770 g/mol. The Hall–Kier alpha value is 1.39. The number of carbonyl (C=O) groups excluding carboxylic acids is 1. The van der Waals surface area contributed by atoms with Gasteiger partial charge in [0.05, 0.1) is 0 Å². The van der Waals surface area contributed by atoms with E-state index >= 15 is 0 Å². The molecule has 0 amide bonds. The maximum Gasteiger partial charge on any atom is 0.302 e. The molecule has 0 saturated heterocycles. The second-order valence-electron chi connectivity index (χ2n) is 14.1. The van der Waals surface area contributed by atoms with Crippen LogP contribution in [0.15, 0.2) is 0 Å². The van der Waals surface area contributed by atoms with Crippen molar-refractivity contribution in [2.24, 2.45) is 52.3 Å². The highest BCUT2D eigenvalue weighted by Crippen LogP contribution is 2.72. The van der Waals surface area contributed by atoms with Gasteiger partial charge >= 0.3 is 5.97 Å². The summed E-state index contributed by atoms with van der Waals surface area (Å²) in [5, 5.41) is 0. The molecule has 0 heterocycles. The first kappa shape index (κ1) is 31.3. The van der Waals surface area contributed by atoms with Crippen molar-refractivity contribution in [2.75, 3.05) is 0 Å². The number of hydrogen-bond donors (Lipinski definition) is 0. The van der Waals surface area contributed by atoms with Crippen LogP contribution in [-0.2, 0) is 9.53 Å². The minimum atomic E-state index is -0.140. The van der Waals surface area contributed by atoms with Crippen LogP contribution in [0.4, 0.5) is 0 Å². The van der Waals surface area contributed by atoms with Gasteiger partial charge < -0.3 is 4.74 Å². The smallest absolute Gasteiger partial charge is 0.302 e. The van der Waals surface area contributed by atoms with Crippen LogP contribution in [0, 0.1) is 52.3 Å². The minimum Gasteiger partial charge on any atom is -0.463 e. The highest BCUT2D eigenvalue weighted by molar-refractivity contribution is 9.12. The molecule has 0 bridgehead atoms. The molecule has 0 aliphatic heterocycles. The fraction of sp³-hybridized carbons (Fsp3) is 0.968. The van der Waals surface area contributed by atoms with Crippen molar-refractivity contribution < 1.29 is 9.53 Å². The van der Waals surface area contributed by atoms with Crippen molar-refractivity contribution in [3.63, 3.8) is 0 Å². The molecule has 4 aliphatic rings. The lowest BCUT2D eigenvalue weighted by molar-refractivity contribution is -0.155. The Morgan fingerprint density at radius 2 is 1.68 bits per heavy atom. The number of alkyl halides is 4. The fourth-order valence-electron chi connectivity index (χ4n) is 10.2. The van der Waals surface area contributed by atoms with Crippen LogP contribution in [0.5, 0.6) is 0 Å². The van der Waals surface area contributed by atoms with Gasteiger partial charge in [-0.05, 0) is 97.2 Å². The summed E-state index contributed by atoms with van der Waals surface area (Å²) in [4.78, 5) is 13.2. The molecule has 0 N–H and O–H groups in total. The number of fused-ring (bicyclic) bond motifs is 5. The molecule has 0 radical (unpaired) electrons. The molecule has 37 heavy (non-hydrogen) atoms. The largest absolute Gasteiger partial charge is 0.463 e. The Labute approximate surface area is 260 Å². The molecular formula is C31H50Br4O2. The van der Waals surface area contributed by atoms with E-state index in [-0.39, 0.29) is 21.8 Å². The molecule has 0 aromatic rings. The summed E-state index contributed by atoms with van der Waals surface area (Å²) in [5.41, 5.74) is 0.666. The number of rotatable bonds is 7. The van der Waals surface area contributed by atoms with Gasteiger partial charge in [-0.15, -0.1) is 0 Å². The van der Waals surface area contributed by atoms with Crippen LogP contribution < -0.4 is 0 Å². The van der Waals surface area contributed by atoms with Gasteiger partial charge in [-0.1, -0.05) is 112 Å². The van der Waals surface area contributed by atoms with Crippen LogP contribution >= 0.6 is 63.7 Å². The maximum absolute atomic E-state index is 11.7. The van der Waals surface area contributed by atoms with Crippen LogP contribution in [0.3, 0.4) is 0 Å².